The van der Waals surface area contributed by atoms with E-state index >= 15 is 0 Å². The summed E-state index contributed by atoms with van der Waals surface area (Å²) in [4.78, 5) is 51.5. The van der Waals surface area contributed by atoms with Gasteiger partial charge in [-0.25, -0.2) is 0 Å². The molecule has 0 saturated heterocycles. The first kappa shape index (κ1) is 21.4. The van der Waals surface area contributed by atoms with E-state index in [1.165, 1.54) is 19.9 Å². The van der Waals surface area contributed by atoms with Crippen LogP contribution in [0.25, 0.3) is 0 Å². The van der Waals surface area contributed by atoms with Crippen molar-refractivity contribution in [3.63, 3.8) is 0 Å². The highest BCUT2D eigenvalue weighted by Crippen LogP contribution is 2.49. The van der Waals surface area contributed by atoms with Gasteiger partial charge in [-0.2, -0.15) is 0 Å². The summed E-state index contributed by atoms with van der Waals surface area (Å²) >= 11 is 0. The van der Waals surface area contributed by atoms with E-state index < -0.39 is 51.5 Å². The molecule has 0 fully saturated rings. The van der Waals surface area contributed by atoms with Gasteiger partial charge < -0.3 is 15.1 Å². The topological polar surface area (TPSA) is 173 Å². The van der Waals surface area contributed by atoms with Crippen LogP contribution in [0, 0.1) is 25.6 Å². The van der Waals surface area contributed by atoms with Gasteiger partial charge in [0.15, 0.2) is 0 Å². The van der Waals surface area contributed by atoms with Crippen LogP contribution in [0.4, 0.5) is 11.4 Å². The Morgan fingerprint density at radius 1 is 1.27 bits per heavy atom. The Balaban J connectivity index is 3.33. The quantitative estimate of drug-likeness (QED) is 0.264. The van der Waals surface area contributed by atoms with Crippen molar-refractivity contribution >= 4 is 24.9 Å². The molecule has 0 saturated carbocycles. The van der Waals surface area contributed by atoms with Gasteiger partial charge >= 0.3 is 7.60 Å². The molecule has 0 radical (unpaired) electrons. The van der Waals surface area contributed by atoms with Crippen LogP contribution in [0.3, 0.4) is 0 Å². The average molecular weight is 387 g/mol. The molecule has 0 aliphatic carbocycles. The van der Waals surface area contributed by atoms with Crippen LogP contribution in [0.1, 0.15) is 30.6 Å². The summed E-state index contributed by atoms with van der Waals surface area (Å²) in [5.74, 6) is -2.71. The molecule has 0 aromatic heterocycles. The molecule has 11 nitrogen and oxygen atoms in total. The third-order valence-corrected chi connectivity index (χ3v) is 5.10. The van der Waals surface area contributed by atoms with E-state index in [4.69, 9.17) is 0 Å². The number of allylic oxidation sites excluding steroid dienone is 1. The van der Waals surface area contributed by atoms with Crippen molar-refractivity contribution in [2.45, 2.75) is 26.1 Å². The molecule has 3 N–H and O–H groups in total. The molecule has 1 unspecified atom stereocenters. The fourth-order valence-electron chi connectivity index (χ4n) is 2.36. The van der Waals surface area contributed by atoms with Gasteiger partial charge in [0, 0.05) is 17.5 Å². The van der Waals surface area contributed by atoms with Crippen LogP contribution in [0.15, 0.2) is 30.9 Å². The Kier molecular flexibility index (Phi) is 6.37. The number of rotatable bonds is 8. The number of carbonyl (C=O) groups excluding carboxylic acids is 1. The summed E-state index contributed by atoms with van der Waals surface area (Å²) in [7, 11) is -4.81. The second kappa shape index (κ2) is 7.73. The van der Waals surface area contributed by atoms with E-state index in [9.17, 15) is 39.4 Å². The van der Waals surface area contributed by atoms with Crippen LogP contribution in [0.2, 0.25) is 0 Å². The predicted octanol–water partition coefficient (Wildman–Crippen LogP) is 2.34. The molecule has 0 heterocycles. The highest BCUT2D eigenvalue weighted by molar-refractivity contribution is 7.52. The molecule has 0 bridgehead atoms. The molecule has 1 aromatic rings. The smallest absolute Gasteiger partial charge is 0.337 e. The van der Waals surface area contributed by atoms with E-state index in [1.807, 2.05) is 0 Å². The Bertz CT molecular complexity index is 769. The van der Waals surface area contributed by atoms with E-state index in [0.717, 1.165) is 12.1 Å². The Hall–Kier alpha value is -2.62. The van der Waals surface area contributed by atoms with Crippen LogP contribution in [-0.4, -0.2) is 31.3 Å². The zero-order chi connectivity index (χ0) is 20.3. The van der Waals surface area contributed by atoms with Crippen LogP contribution in [-0.2, 0) is 4.57 Å². The summed E-state index contributed by atoms with van der Waals surface area (Å²) in [5, 5.41) is 23.9. The molecule has 12 heteroatoms. The highest BCUT2D eigenvalue weighted by atomic mass is 31.2. The fourth-order valence-corrected chi connectivity index (χ4v) is 3.66. The third kappa shape index (κ3) is 5.19. The number of non-ortho nitro benzene ring substituents is 2. The van der Waals surface area contributed by atoms with Crippen LogP contribution in [0.5, 0.6) is 0 Å². The van der Waals surface area contributed by atoms with Gasteiger partial charge in [-0.05, 0) is 6.42 Å². The SMILES string of the molecule is C=CCC(C)(C)C(NC(=O)c1cc([N+](=O)[O-])cc([N+](=O)[O-])c1)P(=O)(O)O. The maximum absolute atomic E-state index is 12.4. The minimum absolute atomic E-state index is 0.151. The number of nitrogens with zero attached hydrogens (tertiary/aromatic N) is 2. The molecule has 0 aliphatic heterocycles. The summed E-state index contributed by atoms with van der Waals surface area (Å²) in [5.41, 5.74) is -2.94. The summed E-state index contributed by atoms with van der Waals surface area (Å²) in [6.07, 6.45) is 1.57. The molecule has 142 valence electrons. The molecular weight excluding hydrogens is 369 g/mol. The summed E-state index contributed by atoms with van der Waals surface area (Å²) < 4.78 is 11.8. The molecule has 26 heavy (non-hydrogen) atoms. The van der Waals surface area contributed by atoms with Crippen LogP contribution >= 0.6 is 7.60 Å². The second-order valence-electron chi connectivity index (χ2n) is 6.20. The van der Waals surface area contributed by atoms with Crippen molar-refractivity contribution in [2.24, 2.45) is 5.41 Å². The summed E-state index contributed by atoms with van der Waals surface area (Å²) in [6.45, 7) is 6.48. The normalized spacial score (nSPS) is 12.9. The molecule has 1 rings (SSSR count). The molecule has 1 atom stereocenters. The van der Waals surface area contributed by atoms with Crippen molar-refractivity contribution in [3.8, 4) is 0 Å². The van der Waals surface area contributed by atoms with E-state index in [1.54, 1.807) is 0 Å². The van der Waals surface area contributed by atoms with Gasteiger partial charge in [-0.15, -0.1) is 6.58 Å². The molecule has 0 spiro atoms. The van der Waals surface area contributed by atoms with Gasteiger partial charge in [-0.3, -0.25) is 29.6 Å². The first-order chi connectivity index (χ1) is 11.8. The predicted molar refractivity (Wildman–Crippen MR) is 91.6 cm³/mol. The summed E-state index contributed by atoms with van der Waals surface area (Å²) in [6, 6.07) is 2.26. The Morgan fingerprint density at radius 2 is 1.73 bits per heavy atom. The monoisotopic (exact) mass is 387 g/mol. The number of nitro groups is 2. The number of carbonyl (C=O) groups is 1. The number of nitro benzene ring substituents is 2. The molecular formula is C14H18N3O8P. The zero-order valence-corrected chi connectivity index (χ0v) is 14.9. The van der Waals surface area contributed by atoms with E-state index in [0.29, 0.717) is 6.07 Å². The largest absolute Gasteiger partial charge is 0.348 e. The van der Waals surface area contributed by atoms with E-state index in [2.05, 4.69) is 11.9 Å². The lowest BCUT2D eigenvalue weighted by molar-refractivity contribution is -0.394. The number of hydrogen-bond donors (Lipinski definition) is 3. The first-order valence-electron chi connectivity index (χ1n) is 7.20. The molecule has 0 aliphatic rings. The molecule has 1 amide bonds. The van der Waals surface area contributed by atoms with Gasteiger partial charge in [0.2, 0.25) is 0 Å². The van der Waals surface area contributed by atoms with Gasteiger partial charge in [0.1, 0.15) is 5.78 Å². The van der Waals surface area contributed by atoms with Crippen molar-refractivity contribution in [1.29, 1.82) is 0 Å². The maximum Gasteiger partial charge on any atom is 0.348 e. The average Bonchev–Trinajstić information content (AvgIpc) is 2.50. The highest BCUT2D eigenvalue weighted by Gasteiger charge is 2.42. The standard InChI is InChI=1S/C14H18N3O8P/c1-4-5-14(2,3)13(26(23,24)25)15-12(18)9-6-10(16(19)20)8-11(7-9)17(21)22/h4,6-8,13H,1,5H2,2-3H3,(H,15,18)(H2,23,24,25). The molecule has 1 aromatic carbocycles. The van der Waals surface area contributed by atoms with Gasteiger partial charge in [0.05, 0.1) is 21.5 Å². The Morgan fingerprint density at radius 3 is 2.08 bits per heavy atom. The second-order valence-corrected chi connectivity index (χ2v) is 7.89. The number of nitrogens with one attached hydrogen (secondary N) is 1. The van der Waals surface area contributed by atoms with Crippen molar-refractivity contribution < 1.29 is 29.0 Å². The minimum atomic E-state index is -4.81. The zero-order valence-electron chi connectivity index (χ0n) is 14.0. The van der Waals surface area contributed by atoms with Gasteiger partial charge in [0.25, 0.3) is 17.3 Å². The number of hydrogen-bond acceptors (Lipinski definition) is 6. The third-order valence-electron chi connectivity index (χ3n) is 3.60. The van der Waals surface area contributed by atoms with E-state index in [-0.39, 0.29) is 6.42 Å². The lowest BCUT2D eigenvalue weighted by Crippen LogP contribution is -2.44. The first-order valence-corrected chi connectivity index (χ1v) is 8.88. The minimum Gasteiger partial charge on any atom is -0.337 e. The Labute approximate surface area is 148 Å². The van der Waals surface area contributed by atoms with Crippen molar-refractivity contribution in [1.82, 2.24) is 5.32 Å². The fraction of sp³-hybridized carbons (Fsp3) is 0.357. The van der Waals surface area contributed by atoms with Crippen LogP contribution < -0.4 is 5.32 Å². The van der Waals surface area contributed by atoms with Gasteiger partial charge in [-0.1, -0.05) is 19.9 Å². The maximum atomic E-state index is 12.4. The van der Waals surface area contributed by atoms with Crippen molar-refractivity contribution in [2.75, 3.05) is 0 Å². The number of benzene rings is 1. The lowest BCUT2D eigenvalue weighted by Gasteiger charge is -2.34. The number of amides is 1. The van der Waals surface area contributed by atoms with Crippen molar-refractivity contribution in [3.05, 3.63) is 56.6 Å². The lowest BCUT2D eigenvalue weighted by atomic mass is 9.88.